The first-order valence-electron chi connectivity index (χ1n) is 4.65. The van der Waals surface area contributed by atoms with Gasteiger partial charge in [-0.2, -0.15) is 0 Å². The normalized spacial score (nSPS) is 9.88. The van der Waals surface area contributed by atoms with E-state index in [-0.39, 0.29) is 11.4 Å². The van der Waals surface area contributed by atoms with Crippen LogP contribution in [0.25, 0.3) is 0 Å². The molecule has 0 saturated heterocycles. The molecule has 0 aliphatic carbocycles. The number of aromatic carboxylic acids is 1. The number of carbonyl (C=O) groups is 2. The lowest BCUT2D eigenvalue weighted by molar-refractivity contribution is -0.255. The van der Waals surface area contributed by atoms with E-state index in [1.54, 1.807) is 18.2 Å². The molecule has 0 spiro atoms. The van der Waals surface area contributed by atoms with Crippen molar-refractivity contribution in [2.45, 2.75) is 0 Å². The Labute approximate surface area is 95.5 Å². The van der Waals surface area contributed by atoms with Crippen LogP contribution in [0.2, 0.25) is 0 Å². The second kappa shape index (κ2) is 4.44. The number of aromatic nitrogens is 3. The monoisotopic (exact) mass is 231 g/mol. The molecule has 2 rings (SSSR count). The molecule has 17 heavy (non-hydrogen) atoms. The minimum Gasteiger partial charge on any atom is -0.543 e. The smallest absolute Gasteiger partial charge is 0.277 e. The number of nitrogens with zero attached hydrogens (tertiary/aromatic N) is 2. The summed E-state index contributed by atoms with van der Waals surface area (Å²) in [5.41, 5.74) is -0.603. The van der Waals surface area contributed by atoms with E-state index in [4.69, 9.17) is 0 Å². The number of rotatable bonds is 3. The highest BCUT2D eigenvalue weighted by Crippen LogP contribution is 2.06. The van der Waals surface area contributed by atoms with Gasteiger partial charge in [0.05, 0.1) is 18.0 Å². The SMILES string of the molecule is O=C(Nc1ccccn1)c1nc[nH]c1C(=O)[O-]. The fraction of sp³-hybridized carbons (Fsp3) is 0. The van der Waals surface area contributed by atoms with Crippen molar-refractivity contribution in [3.05, 3.63) is 42.1 Å². The Kier molecular flexibility index (Phi) is 2.82. The molecule has 2 aromatic heterocycles. The Morgan fingerprint density at radius 1 is 1.29 bits per heavy atom. The molecule has 0 atom stereocenters. The van der Waals surface area contributed by atoms with Crippen molar-refractivity contribution in [3.8, 4) is 0 Å². The number of carboxylic acid groups (broad SMARTS) is 1. The summed E-state index contributed by atoms with van der Waals surface area (Å²) in [4.78, 5) is 32.1. The zero-order chi connectivity index (χ0) is 12.3. The van der Waals surface area contributed by atoms with Crippen LogP contribution in [0.15, 0.2) is 30.7 Å². The van der Waals surface area contributed by atoms with E-state index in [9.17, 15) is 14.7 Å². The van der Waals surface area contributed by atoms with Crippen LogP contribution in [0.5, 0.6) is 0 Å². The summed E-state index contributed by atoms with van der Waals surface area (Å²) in [6.45, 7) is 0. The second-order valence-electron chi connectivity index (χ2n) is 3.08. The summed E-state index contributed by atoms with van der Waals surface area (Å²) in [6.07, 6.45) is 2.61. The number of carbonyl (C=O) groups excluding carboxylic acids is 2. The molecule has 2 N–H and O–H groups in total. The first kappa shape index (κ1) is 10.8. The lowest BCUT2D eigenvalue weighted by Crippen LogP contribution is -2.26. The van der Waals surface area contributed by atoms with Gasteiger partial charge in [-0.25, -0.2) is 9.97 Å². The average Bonchev–Trinajstić information content (AvgIpc) is 2.79. The van der Waals surface area contributed by atoms with Gasteiger partial charge in [-0.15, -0.1) is 0 Å². The molecule has 0 aliphatic rings. The summed E-state index contributed by atoms with van der Waals surface area (Å²) in [7, 11) is 0. The van der Waals surface area contributed by atoms with E-state index < -0.39 is 11.9 Å². The maximum atomic E-state index is 11.7. The van der Waals surface area contributed by atoms with Crippen molar-refractivity contribution in [1.82, 2.24) is 15.0 Å². The number of H-pyrrole nitrogens is 1. The second-order valence-corrected chi connectivity index (χ2v) is 3.08. The largest absolute Gasteiger partial charge is 0.543 e. The van der Waals surface area contributed by atoms with Crippen molar-refractivity contribution in [3.63, 3.8) is 0 Å². The molecular formula is C10H7N4O3-. The minimum absolute atomic E-state index is 0.240. The van der Waals surface area contributed by atoms with Crippen molar-refractivity contribution < 1.29 is 14.7 Å². The van der Waals surface area contributed by atoms with E-state index in [1.807, 2.05) is 0 Å². The van der Waals surface area contributed by atoms with Crippen molar-refractivity contribution >= 4 is 17.7 Å². The summed E-state index contributed by atoms with van der Waals surface area (Å²) in [6, 6.07) is 4.95. The van der Waals surface area contributed by atoms with E-state index in [0.29, 0.717) is 5.82 Å². The standard InChI is InChI=1S/C10H8N4O3/c15-9(14-6-3-1-2-4-11-6)7-8(10(16)17)13-5-12-7/h1-5H,(H,12,13)(H,16,17)(H,11,14,15)/p-1. The summed E-state index contributed by atoms with van der Waals surface area (Å²) < 4.78 is 0. The average molecular weight is 231 g/mol. The molecule has 0 aromatic carbocycles. The number of nitrogens with one attached hydrogen (secondary N) is 2. The Bertz CT molecular complexity index is 550. The molecule has 0 unspecified atom stereocenters. The van der Waals surface area contributed by atoms with Crippen LogP contribution in [-0.4, -0.2) is 26.8 Å². The lowest BCUT2D eigenvalue weighted by atomic mass is 10.3. The Balaban J connectivity index is 2.21. The Morgan fingerprint density at radius 3 is 2.76 bits per heavy atom. The maximum absolute atomic E-state index is 11.7. The highest BCUT2D eigenvalue weighted by Gasteiger charge is 2.15. The number of hydrogen-bond donors (Lipinski definition) is 2. The zero-order valence-corrected chi connectivity index (χ0v) is 8.51. The molecule has 2 aromatic rings. The van der Waals surface area contributed by atoms with Gasteiger partial charge in [0.25, 0.3) is 5.91 Å². The molecule has 0 fully saturated rings. The predicted molar refractivity (Wildman–Crippen MR) is 55.1 cm³/mol. The topological polar surface area (TPSA) is 111 Å². The molecule has 7 nitrogen and oxygen atoms in total. The molecular weight excluding hydrogens is 224 g/mol. The van der Waals surface area contributed by atoms with Crippen LogP contribution in [-0.2, 0) is 0 Å². The molecule has 2 heterocycles. The Hall–Kier alpha value is -2.70. The fourth-order valence-electron chi connectivity index (χ4n) is 1.23. The van der Waals surface area contributed by atoms with Gasteiger partial charge in [0, 0.05) is 6.20 Å². The quantitative estimate of drug-likeness (QED) is 0.734. The summed E-state index contributed by atoms with van der Waals surface area (Å²) in [5, 5.41) is 13.1. The number of imidazole rings is 1. The molecule has 7 heteroatoms. The van der Waals surface area contributed by atoms with Crippen molar-refractivity contribution in [1.29, 1.82) is 0 Å². The van der Waals surface area contributed by atoms with E-state index in [2.05, 4.69) is 20.3 Å². The molecule has 86 valence electrons. The van der Waals surface area contributed by atoms with Crippen molar-refractivity contribution in [2.75, 3.05) is 5.32 Å². The van der Waals surface area contributed by atoms with Crippen LogP contribution >= 0.6 is 0 Å². The molecule has 0 bridgehead atoms. The van der Waals surface area contributed by atoms with Gasteiger partial charge in [0.1, 0.15) is 5.82 Å². The maximum Gasteiger partial charge on any atom is 0.277 e. The van der Waals surface area contributed by atoms with Crippen molar-refractivity contribution in [2.24, 2.45) is 0 Å². The number of carboxylic acids is 1. The first-order valence-corrected chi connectivity index (χ1v) is 4.65. The Morgan fingerprint density at radius 2 is 2.12 bits per heavy atom. The van der Waals surface area contributed by atoms with Gasteiger partial charge >= 0.3 is 0 Å². The molecule has 0 aliphatic heterocycles. The third-order valence-electron chi connectivity index (χ3n) is 1.97. The number of hydrogen-bond acceptors (Lipinski definition) is 5. The number of amides is 1. The van der Waals surface area contributed by atoms with Gasteiger partial charge in [0.15, 0.2) is 5.69 Å². The fourth-order valence-corrected chi connectivity index (χ4v) is 1.23. The molecule has 0 saturated carbocycles. The van der Waals surface area contributed by atoms with Gasteiger partial charge in [0.2, 0.25) is 0 Å². The molecule has 0 radical (unpaired) electrons. The number of pyridine rings is 1. The lowest BCUT2D eigenvalue weighted by Gasteiger charge is -2.04. The third kappa shape index (κ3) is 2.28. The highest BCUT2D eigenvalue weighted by molar-refractivity contribution is 6.07. The van der Waals surface area contributed by atoms with Crippen LogP contribution in [0, 0.1) is 0 Å². The van der Waals surface area contributed by atoms with Gasteiger partial charge in [-0.05, 0) is 12.1 Å². The highest BCUT2D eigenvalue weighted by atomic mass is 16.4. The molecule has 1 amide bonds. The van der Waals surface area contributed by atoms with Gasteiger partial charge in [-0.3, -0.25) is 4.79 Å². The van der Waals surface area contributed by atoms with Crippen LogP contribution in [0.4, 0.5) is 5.82 Å². The predicted octanol–water partition coefficient (Wildman–Crippen LogP) is -0.580. The third-order valence-corrected chi connectivity index (χ3v) is 1.97. The summed E-state index contributed by atoms with van der Waals surface area (Å²) in [5.74, 6) is -1.84. The van der Waals surface area contributed by atoms with Crippen LogP contribution in [0.3, 0.4) is 0 Å². The number of anilines is 1. The minimum atomic E-state index is -1.49. The van der Waals surface area contributed by atoms with E-state index >= 15 is 0 Å². The van der Waals surface area contributed by atoms with Crippen LogP contribution in [0.1, 0.15) is 21.0 Å². The van der Waals surface area contributed by atoms with Gasteiger partial charge < -0.3 is 20.2 Å². The van der Waals surface area contributed by atoms with E-state index in [0.717, 1.165) is 6.33 Å². The van der Waals surface area contributed by atoms with Gasteiger partial charge in [-0.1, -0.05) is 6.07 Å². The van der Waals surface area contributed by atoms with Crippen LogP contribution < -0.4 is 10.4 Å². The zero-order valence-electron chi connectivity index (χ0n) is 8.51. The summed E-state index contributed by atoms with van der Waals surface area (Å²) >= 11 is 0. The number of aromatic amines is 1. The van der Waals surface area contributed by atoms with E-state index in [1.165, 1.54) is 6.20 Å². The first-order chi connectivity index (χ1) is 8.18.